The van der Waals surface area contributed by atoms with Crippen molar-refractivity contribution in [2.75, 3.05) is 19.7 Å². The Morgan fingerprint density at radius 1 is 1.28 bits per heavy atom. The van der Waals surface area contributed by atoms with Crippen LogP contribution in [0.15, 0.2) is 24.3 Å². The molecule has 2 N–H and O–H groups in total. The van der Waals surface area contributed by atoms with Gasteiger partial charge in [0.15, 0.2) is 0 Å². The molecule has 18 heavy (non-hydrogen) atoms. The van der Waals surface area contributed by atoms with Crippen molar-refractivity contribution in [1.82, 2.24) is 4.90 Å². The molecule has 0 bridgehead atoms. The molecule has 0 spiro atoms. The molecule has 0 aromatic heterocycles. The van der Waals surface area contributed by atoms with Gasteiger partial charge in [-0.15, -0.1) is 0 Å². The lowest BCUT2D eigenvalue weighted by molar-refractivity contribution is -0.0712. The van der Waals surface area contributed by atoms with E-state index in [-0.39, 0.29) is 6.10 Å². The van der Waals surface area contributed by atoms with Crippen LogP contribution < -0.4 is 5.73 Å². The molecule has 1 aromatic rings. The number of nitrogens with zero attached hydrogens (tertiary/aromatic N) is 1. The molecule has 3 nitrogen and oxygen atoms in total. The highest BCUT2D eigenvalue weighted by molar-refractivity contribution is 5.26. The zero-order valence-corrected chi connectivity index (χ0v) is 11.0. The predicted octanol–water partition coefficient (Wildman–Crippen LogP) is 1.86. The number of rotatable bonds is 3. The number of nitrogens with two attached hydrogens (primary N) is 1. The number of benzene rings is 1. The zero-order chi connectivity index (χ0) is 12.5. The van der Waals surface area contributed by atoms with Crippen LogP contribution in [0, 0.1) is 6.92 Å². The van der Waals surface area contributed by atoms with Crippen LogP contribution in [0.2, 0.25) is 0 Å². The summed E-state index contributed by atoms with van der Waals surface area (Å²) in [6.45, 7) is 4.59. The van der Waals surface area contributed by atoms with E-state index < -0.39 is 0 Å². The summed E-state index contributed by atoms with van der Waals surface area (Å²) in [6.07, 6.45) is 2.81. The molecule has 0 radical (unpaired) electrons. The number of ether oxygens (including phenoxy) is 1. The van der Waals surface area contributed by atoms with Gasteiger partial charge >= 0.3 is 0 Å². The summed E-state index contributed by atoms with van der Waals surface area (Å²) in [6, 6.07) is 9.93. The third-order valence-corrected chi connectivity index (χ3v) is 4.06. The minimum absolute atomic E-state index is 0.141. The van der Waals surface area contributed by atoms with Gasteiger partial charge in [0.1, 0.15) is 0 Å². The van der Waals surface area contributed by atoms with E-state index in [0.29, 0.717) is 12.6 Å². The SMILES string of the molecule is Cc1ccc(C2C(CN)OCCN2C2CC2)cc1. The number of hydrogen-bond donors (Lipinski definition) is 1. The van der Waals surface area contributed by atoms with Gasteiger partial charge in [-0.3, -0.25) is 4.90 Å². The van der Waals surface area contributed by atoms with Gasteiger partial charge in [-0.2, -0.15) is 0 Å². The molecule has 1 aliphatic carbocycles. The van der Waals surface area contributed by atoms with Crippen molar-refractivity contribution in [1.29, 1.82) is 0 Å². The number of aryl methyl sites for hydroxylation is 1. The summed E-state index contributed by atoms with van der Waals surface area (Å²) in [5.74, 6) is 0. The van der Waals surface area contributed by atoms with E-state index in [4.69, 9.17) is 10.5 Å². The highest BCUT2D eigenvalue weighted by Gasteiger charge is 2.40. The van der Waals surface area contributed by atoms with Crippen LogP contribution in [0.4, 0.5) is 0 Å². The van der Waals surface area contributed by atoms with Gasteiger partial charge in [0.2, 0.25) is 0 Å². The second kappa shape index (κ2) is 5.00. The lowest BCUT2D eigenvalue weighted by Gasteiger charge is -2.41. The summed E-state index contributed by atoms with van der Waals surface area (Å²) in [7, 11) is 0. The molecule has 2 aliphatic rings. The van der Waals surface area contributed by atoms with Crippen LogP contribution in [0.1, 0.15) is 30.0 Å². The maximum atomic E-state index is 5.89. The van der Waals surface area contributed by atoms with Crippen molar-refractivity contribution >= 4 is 0 Å². The van der Waals surface area contributed by atoms with Crippen molar-refractivity contribution in [2.45, 2.75) is 38.0 Å². The molecule has 2 fully saturated rings. The predicted molar refractivity (Wildman–Crippen MR) is 72.4 cm³/mol. The van der Waals surface area contributed by atoms with E-state index in [1.54, 1.807) is 0 Å². The van der Waals surface area contributed by atoms with Gasteiger partial charge in [0, 0.05) is 19.1 Å². The van der Waals surface area contributed by atoms with Crippen molar-refractivity contribution in [3.8, 4) is 0 Å². The summed E-state index contributed by atoms with van der Waals surface area (Å²) in [4.78, 5) is 2.60. The maximum absolute atomic E-state index is 5.89. The second-order valence-electron chi connectivity index (χ2n) is 5.47. The molecule has 1 saturated carbocycles. The molecule has 1 aromatic carbocycles. The van der Waals surface area contributed by atoms with E-state index in [0.717, 1.165) is 19.2 Å². The summed E-state index contributed by atoms with van der Waals surface area (Å²) in [5.41, 5.74) is 8.55. The highest BCUT2D eigenvalue weighted by Crippen LogP contribution is 2.38. The molecule has 2 unspecified atom stereocenters. The van der Waals surface area contributed by atoms with Gasteiger partial charge in [0.05, 0.1) is 18.8 Å². The van der Waals surface area contributed by atoms with Gasteiger partial charge in [-0.25, -0.2) is 0 Å². The molecule has 0 amide bonds. The van der Waals surface area contributed by atoms with E-state index in [9.17, 15) is 0 Å². The molecule has 3 heteroatoms. The van der Waals surface area contributed by atoms with Crippen molar-refractivity contribution in [3.63, 3.8) is 0 Å². The average Bonchev–Trinajstić information content (AvgIpc) is 3.23. The van der Waals surface area contributed by atoms with Crippen LogP contribution in [0.25, 0.3) is 0 Å². The minimum atomic E-state index is 0.141. The van der Waals surface area contributed by atoms with Crippen LogP contribution >= 0.6 is 0 Å². The average molecular weight is 246 g/mol. The normalized spacial score (nSPS) is 29.4. The fourth-order valence-corrected chi connectivity index (χ4v) is 2.94. The van der Waals surface area contributed by atoms with E-state index in [2.05, 4.69) is 36.1 Å². The summed E-state index contributed by atoms with van der Waals surface area (Å²) >= 11 is 0. The van der Waals surface area contributed by atoms with E-state index >= 15 is 0 Å². The Bertz CT molecular complexity index is 399. The fraction of sp³-hybridized carbons (Fsp3) is 0.600. The molecule has 1 aliphatic heterocycles. The van der Waals surface area contributed by atoms with Crippen LogP contribution in [0.5, 0.6) is 0 Å². The first-order chi connectivity index (χ1) is 8.79. The monoisotopic (exact) mass is 246 g/mol. The highest BCUT2D eigenvalue weighted by atomic mass is 16.5. The van der Waals surface area contributed by atoms with E-state index in [1.165, 1.54) is 24.0 Å². The van der Waals surface area contributed by atoms with Crippen LogP contribution in [0.3, 0.4) is 0 Å². The lowest BCUT2D eigenvalue weighted by atomic mass is 9.97. The first-order valence-corrected chi connectivity index (χ1v) is 6.93. The van der Waals surface area contributed by atoms with Crippen molar-refractivity contribution in [2.24, 2.45) is 5.73 Å². The second-order valence-corrected chi connectivity index (χ2v) is 5.47. The number of morpholine rings is 1. The van der Waals surface area contributed by atoms with Gasteiger partial charge in [-0.1, -0.05) is 29.8 Å². The number of hydrogen-bond acceptors (Lipinski definition) is 3. The summed E-state index contributed by atoms with van der Waals surface area (Å²) < 4.78 is 5.87. The fourth-order valence-electron chi connectivity index (χ4n) is 2.94. The Kier molecular flexibility index (Phi) is 3.37. The quantitative estimate of drug-likeness (QED) is 0.884. The third kappa shape index (κ3) is 2.30. The van der Waals surface area contributed by atoms with Gasteiger partial charge in [-0.05, 0) is 25.3 Å². The first kappa shape index (κ1) is 12.2. The molecule has 1 saturated heterocycles. The van der Waals surface area contributed by atoms with E-state index in [1.807, 2.05) is 0 Å². The van der Waals surface area contributed by atoms with Gasteiger partial charge in [0.25, 0.3) is 0 Å². The molecule has 3 rings (SSSR count). The largest absolute Gasteiger partial charge is 0.374 e. The summed E-state index contributed by atoms with van der Waals surface area (Å²) in [5, 5.41) is 0. The first-order valence-electron chi connectivity index (χ1n) is 6.93. The Morgan fingerprint density at radius 2 is 2.00 bits per heavy atom. The zero-order valence-electron chi connectivity index (χ0n) is 11.0. The van der Waals surface area contributed by atoms with Crippen molar-refractivity contribution < 1.29 is 4.74 Å². The van der Waals surface area contributed by atoms with Crippen LogP contribution in [-0.4, -0.2) is 36.7 Å². The van der Waals surface area contributed by atoms with Gasteiger partial charge < -0.3 is 10.5 Å². The van der Waals surface area contributed by atoms with Crippen molar-refractivity contribution in [3.05, 3.63) is 35.4 Å². The molecule has 98 valence electrons. The topological polar surface area (TPSA) is 38.5 Å². The Morgan fingerprint density at radius 3 is 2.61 bits per heavy atom. The standard InChI is InChI=1S/C15H22N2O/c1-11-2-4-12(5-3-11)15-14(10-16)18-9-8-17(15)13-6-7-13/h2-5,13-15H,6-10,16H2,1H3. The minimum Gasteiger partial charge on any atom is -0.374 e. The molecular weight excluding hydrogens is 224 g/mol. The Labute approximate surface area is 109 Å². The molecule has 1 heterocycles. The van der Waals surface area contributed by atoms with Crippen LogP contribution in [-0.2, 0) is 4.74 Å². The molecular formula is C15H22N2O. The maximum Gasteiger partial charge on any atom is 0.0894 e. The third-order valence-electron chi connectivity index (χ3n) is 4.06. The lowest BCUT2D eigenvalue weighted by Crippen LogP contribution is -2.49. The Balaban J connectivity index is 1.89. The smallest absolute Gasteiger partial charge is 0.0894 e. The Hall–Kier alpha value is -0.900. The molecule has 2 atom stereocenters.